The zero-order chi connectivity index (χ0) is 23.1. The Morgan fingerprint density at radius 3 is 2.81 bits per heavy atom. The molecule has 2 aromatic heterocycles. The number of nitrogens with zero attached hydrogens (tertiary/aromatic N) is 4. The molecule has 172 valence electrons. The number of amides is 1. The molecule has 0 bridgehead atoms. The van der Waals surface area contributed by atoms with Gasteiger partial charge in [-0.05, 0) is 58.5 Å². The first-order valence-corrected chi connectivity index (χ1v) is 12.0. The molecule has 32 heavy (non-hydrogen) atoms. The summed E-state index contributed by atoms with van der Waals surface area (Å²) in [6.45, 7) is 11.5. The number of ether oxygens (including phenoxy) is 1. The van der Waals surface area contributed by atoms with Gasteiger partial charge in [-0.25, -0.2) is 9.67 Å². The normalized spacial score (nSPS) is 12.2. The Kier molecular flexibility index (Phi) is 8.41. The highest BCUT2D eigenvalue weighted by Crippen LogP contribution is 2.27. The van der Waals surface area contributed by atoms with E-state index in [9.17, 15) is 4.79 Å². The molecule has 3 rings (SSSR count). The average molecular weight is 456 g/mol. The van der Waals surface area contributed by atoms with Crippen molar-refractivity contribution in [3.8, 4) is 22.1 Å². The third-order valence-corrected chi connectivity index (χ3v) is 6.49. The van der Waals surface area contributed by atoms with Crippen LogP contribution in [0.5, 0.6) is 5.75 Å². The lowest BCUT2D eigenvalue weighted by Crippen LogP contribution is -2.34. The molecule has 8 heteroatoms. The fourth-order valence-electron chi connectivity index (χ4n) is 3.64. The van der Waals surface area contributed by atoms with E-state index in [0.29, 0.717) is 5.56 Å². The Morgan fingerprint density at radius 2 is 2.09 bits per heavy atom. The average Bonchev–Trinajstić information content (AvgIpc) is 3.43. The minimum atomic E-state index is -0.0892. The van der Waals surface area contributed by atoms with Gasteiger partial charge in [-0.1, -0.05) is 26.0 Å². The molecule has 0 aliphatic carbocycles. The van der Waals surface area contributed by atoms with Gasteiger partial charge in [0.15, 0.2) is 0 Å². The summed E-state index contributed by atoms with van der Waals surface area (Å²) in [5.74, 6) is 0.700. The van der Waals surface area contributed by atoms with Crippen molar-refractivity contribution in [2.24, 2.45) is 0 Å². The van der Waals surface area contributed by atoms with Crippen LogP contribution < -0.4 is 10.1 Å². The third kappa shape index (κ3) is 5.75. The second kappa shape index (κ2) is 11.2. The number of nitrogens with one attached hydrogen (secondary N) is 1. The highest BCUT2D eigenvalue weighted by atomic mass is 32.1. The lowest BCUT2D eigenvalue weighted by Gasteiger charge is -2.19. The first-order chi connectivity index (χ1) is 15.5. The van der Waals surface area contributed by atoms with Crippen LogP contribution in [0.25, 0.3) is 16.4 Å². The van der Waals surface area contributed by atoms with Crippen LogP contribution in [0.2, 0.25) is 0 Å². The van der Waals surface area contributed by atoms with Gasteiger partial charge in [0.1, 0.15) is 5.75 Å². The maximum absolute atomic E-state index is 12.8. The van der Waals surface area contributed by atoms with Crippen molar-refractivity contribution in [3.05, 3.63) is 47.1 Å². The van der Waals surface area contributed by atoms with Gasteiger partial charge in [0.25, 0.3) is 5.91 Å². The zero-order valence-corrected chi connectivity index (χ0v) is 20.4. The second-order valence-electron chi connectivity index (χ2n) is 7.85. The highest BCUT2D eigenvalue weighted by molar-refractivity contribution is 7.12. The van der Waals surface area contributed by atoms with Gasteiger partial charge in [0, 0.05) is 17.0 Å². The molecule has 0 saturated heterocycles. The number of hydrogen-bond donors (Lipinski definition) is 1. The van der Waals surface area contributed by atoms with Crippen LogP contribution in [-0.4, -0.2) is 58.4 Å². The summed E-state index contributed by atoms with van der Waals surface area (Å²) in [5, 5.41) is 10.3. The minimum absolute atomic E-state index is 0.0892. The molecule has 1 amide bonds. The molecule has 2 heterocycles. The maximum atomic E-state index is 12.8. The van der Waals surface area contributed by atoms with Gasteiger partial charge in [-0.2, -0.15) is 5.10 Å². The number of thiazole rings is 1. The highest BCUT2D eigenvalue weighted by Gasteiger charge is 2.19. The molecular weight excluding hydrogens is 422 g/mol. The van der Waals surface area contributed by atoms with Crippen molar-refractivity contribution in [2.45, 2.75) is 46.6 Å². The summed E-state index contributed by atoms with van der Waals surface area (Å²) in [4.78, 5) is 19.9. The fourth-order valence-corrected chi connectivity index (χ4v) is 4.48. The molecule has 7 nitrogen and oxygen atoms in total. The maximum Gasteiger partial charge on any atom is 0.254 e. The predicted octanol–water partition coefficient (Wildman–Crippen LogP) is 4.55. The quantitative estimate of drug-likeness (QED) is 0.459. The number of carbonyl (C=O) groups is 1. The van der Waals surface area contributed by atoms with Crippen LogP contribution in [0, 0.1) is 6.92 Å². The van der Waals surface area contributed by atoms with Gasteiger partial charge >= 0.3 is 0 Å². The van der Waals surface area contributed by atoms with E-state index in [2.05, 4.69) is 36.1 Å². The SMILES string of the molecule is CCN(CC)CCCC(C)NC(=O)c1cnn(-c2nc(-c3cccc(OC)c3)cs2)c1C. The van der Waals surface area contributed by atoms with E-state index in [0.717, 1.165) is 60.3 Å². The van der Waals surface area contributed by atoms with Crippen molar-refractivity contribution < 1.29 is 9.53 Å². The van der Waals surface area contributed by atoms with Gasteiger partial charge in [-0.15, -0.1) is 11.3 Å². The Labute approximate surface area is 194 Å². The number of benzene rings is 1. The molecule has 3 aromatic rings. The molecule has 1 atom stereocenters. The summed E-state index contributed by atoms with van der Waals surface area (Å²) in [7, 11) is 1.65. The van der Waals surface area contributed by atoms with Crippen molar-refractivity contribution in [3.63, 3.8) is 0 Å². The molecule has 0 saturated carbocycles. The third-order valence-electron chi connectivity index (χ3n) is 5.68. The van der Waals surface area contributed by atoms with Crippen LogP contribution in [0.4, 0.5) is 0 Å². The van der Waals surface area contributed by atoms with Crippen LogP contribution in [-0.2, 0) is 0 Å². The standard InChI is InChI=1S/C24H33N5O2S/c1-6-28(7-2)13-9-10-17(3)26-23(30)21-15-25-29(18(21)4)24-27-22(16-32-24)19-11-8-12-20(14-19)31-5/h8,11-12,14-17H,6-7,9-10,13H2,1-5H3,(H,26,30). The summed E-state index contributed by atoms with van der Waals surface area (Å²) in [6.07, 6.45) is 3.64. The van der Waals surface area contributed by atoms with E-state index < -0.39 is 0 Å². The monoisotopic (exact) mass is 455 g/mol. The van der Waals surface area contributed by atoms with Crippen LogP contribution in [0.3, 0.4) is 0 Å². The van der Waals surface area contributed by atoms with E-state index in [-0.39, 0.29) is 11.9 Å². The number of aromatic nitrogens is 3. The fraction of sp³-hybridized carbons (Fsp3) is 0.458. The summed E-state index contributed by atoms with van der Waals surface area (Å²) >= 11 is 1.49. The predicted molar refractivity (Wildman–Crippen MR) is 130 cm³/mol. The van der Waals surface area contributed by atoms with Crippen molar-refractivity contribution in [1.82, 2.24) is 25.0 Å². The number of rotatable bonds is 11. The molecule has 0 radical (unpaired) electrons. The summed E-state index contributed by atoms with van der Waals surface area (Å²) < 4.78 is 7.04. The molecule has 1 unspecified atom stereocenters. The van der Waals surface area contributed by atoms with Crippen LogP contribution in [0.15, 0.2) is 35.8 Å². The van der Waals surface area contributed by atoms with Crippen molar-refractivity contribution >= 4 is 17.2 Å². The Morgan fingerprint density at radius 1 is 1.31 bits per heavy atom. The van der Waals surface area contributed by atoms with E-state index in [1.165, 1.54) is 11.3 Å². The lowest BCUT2D eigenvalue weighted by atomic mass is 10.1. The van der Waals surface area contributed by atoms with Gasteiger partial charge in [0.05, 0.1) is 30.3 Å². The van der Waals surface area contributed by atoms with E-state index in [1.54, 1.807) is 18.0 Å². The smallest absolute Gasteiger partial charge is 0.254 e. The number of hydrogen-bond acceptors (Lipinski definition) is 6. The largest absolute Gasteiger partial charge is 0.497 e. The molecular formula is C24H33N5O2S. The molecule has 1 aromatic carbocycles. The van der Waals surface area contributed by atoms with Crippen LogP contribution in [0.1, 0.15) is 49.7 Å². The summed E-state index contributed by atoms with van der Waals surface area (Å²) in [6, 6.07) is 7.91. The lowest BCUT2D eigenvalue weighted by molar-refractivity contribution is 0.0936. The molecule has 0 aliphatic rings. The van der Waals surface area contributed by atoms with Crippen molar-refractivity contribution in [1.29, 1.82) is 0 Å². The Balaban J connectivity index is 1.65. The number of methoxy groups -OCH3 is 1. The van der Waals surface area contributed by atoms with E-state index >= 15 is 0 Å². The van der Waals surface area contributed by atoms with Crippen molar-refractivity contribution in [2.75, 3.05) is 26.7 Å². The number of carbonyl (C=O) groups excluding carboxylic acids is 1. The van der Waals surface area contributed by atoms with Gasteiger partial charge in [0.2, 0.25) is 5.13 Å². The van der Waals surface area contributed by atoms with Crippen LogP contribution >= 0.6 is 11.3 Å². The Hall–Kier alpha value is -2.71. The zero-order valence-electron chi connectivity index (χ0n) is 19.6. The molecule has 0 fully saturated rings. The van der Waals surface area contributed by atoms with E-state index in [4.69, 9.17) is 9.72 Å². The first-order valence-electron chi connectivity index (χ1n) is 11.1. The van der Waals surface area contributed by atoms with Gasteiger partial charge in [-0.3, -0.25) is 4.79 Å². The second-order valence-corrected chi connectivity index (χ2v) is 8.68. The molecule has 1 N–H and O–H groups in total. The topological polar surface area (TPSA) is 72.3 Å². The minimum Gasteiger partial charge on any atom is -0.497 e. The molecule has 0 aliphatic heterocycles. The first kappa shape index (κ1) is 23.9. The van der Waals surface area contributed by atoms with Gasteiger partial charge < -0.3 is 15.0 Å². The Bertz CT molecular complexity index is 1030. The summed E-state index contributed by atoms with van der Waals surface area (Å²) in [5.41, 5.74) is 3.20. The molecule has 0 spiro atoms. The van der Waals surface area contributed by atoms with E-state index in [1.807, 2.05) is 36.6 Å².